The van der Waals surface area contributed by atoms with Crippen molar-refractivity contribution in [3.05, 3.63) is 54.1 Å². The largest absolute Gasteiger partial charge is 0.497 e. The van der Waals surface area contributed by atoms with Crippen molar-refractivity contribution in [3.63, 3.8) is 0 Å². The molecule has 28 heavy (non-hydrogen) atoms. The molecular formula is C21H24N4O2S. The van der Waals surface area contributed by atoms with Gasteiger partial charge in [0, 0.05) is 16.7 Å². The molecule has 0 fully saturated rings. The van der Waals surface area contributed by atoms with Crippen LogP contribution in [0.3, 0.4) is 0 Å². The van der Waals surface area contributed by atoms with Crippen LogP contribution in [0.2, 0.25) is 0 Å². The molecule has 146 valence electrons. The van der Waals surface area contributed by atoms with Gasteiger partial charge in [-0.1, -0.05) is 0 Å². The van der Waals surface area contributed by atoms with Crippen LogP contribution in [-0.2, 0) is 0 Å². The Labute approximate surface area is 169 Å². The van der Waals surface area contributed by atoms with Gasteiger partial charge in [-0.25, -0.2) is 9.97 Å². The number of benzene rings is 1. The quantitative estimate of drug-likeness (QED) is 0.460. The molecule has 0 aliphatic heterocycles. The predicted octanol–water partition coefficient (Wildman–Crippen LogP) is 3.93. The van der Waals surface area contributed by atoms with Crippen molar-refractivity contribution in [2.24, 2.45) is 0 Å². The molecule has 0 atom stereocenters. The fourth-order valence-corrected chi connectivity index (χ4v) is 3.42. The van der Waals surface area contributed by atoms with E-state index in [1.165, 1.54) is 0 Å². The zero-order valence-corrected chi connectivity index (χ0v) is 17.1. The standard InChI is InChI=1S/C21H24N4O2S/c1-25(2)13-4-14-28-19-12-8-15-7-11-18(22-20(15)24-19)23-21(26)16-5-9-17(27-3)10-6-16/h5-12H,4,13-14H2,1-3H3,(H,22,23,24,26). The Bertz CT molecular complexity index is 945. The number of pyridine rings is 2. The lowest BCUT2D eigenvalue weighted by Gasteiger charge is -2.09. The third-order valence-electron chi connectivity index (χ3n) is 4.12. The molecule has 3 aromatic rings. The summed E-state index contributed by atoms with van der Waals surface area (Å²) < 4.78 is 5.12. The Morgan fingerprint density at radius 3 is 2.54 bits per heavy atom. The molecule has 2 aromatic heterocycles. The molecular weight excluding hydrogens is 372 g/mol. The normalized spacial score (nSPS) is 11.0. The number of hydrogen-bond acceptors (Lipinski definition) is 6. The fourth-order valence-electron chi connectivity index (χ4n) is 2.62. The van der Waals surface area contributed by atoms with Crippen molar-refractivity contribution < 1.29 is 9.53 Å². The number of ether oxygens (including phenoxy) is 1. The monoisotopic (exact) mass is 396 g/mol. The van der Waals surface area contributed by atoms with Gasteiger partial charge in [0.25, 0.3) is 5.91 Å². The first-order valence-corrected chi connectivity index (χ1v) is 10.0. The Morgan fingerprint density at radius 2 is 1.82 bits per heavy atom. The molecule has 3 rings (SSSR count). The van der Waals surface area contributed by atoms with Gasteiger partial charge in [0.1, 0.15) is 11.6 Å². The van der Waals surface area contributed by atoms with E-state index in [-0.39, 0.29) is 5.91 Å². The summed E-state index contributed by atoms with van der Waals surface area (Å²) >= 11 is 1.72. The summed E-state index contributed by atoms with van der Waals surface area (Å²) in [7, 11) is 5.74. The smallest absolute Gasteiger partial charge is 0.256 e. The summed E-state index contributed by atoms with van der Waals surface area (Å²) in [6, 6.07) is 14.7. The Kier molecular flexibility index (Phi) is 6.84. The maximum atomic E-state index is 12.4. The van der Waals surface area contributed by atoms with Crippen LogP contribution >= 0.6 is 11.8 Å². The molecule has 0 saturated heterocycles. The van der Waals surface area contributed by atoms with Crippen LogP contribution in [0.25, 0.3) is 11.0 Å². The zero-order chi connectivity index (χ0) is 19.9. The number of rotatable bonds is 8. The van der Waals surface area contributed by atoms with E-state index in [0.717, 1.165) is 29.1 Å². The fraction of sp³-hybridized carbons (Fsp3) is 0.286. The number of thioether (sulfide) groups is 1. The number of methoxy groups -OCH3 is 1. The van der Waals surface area contributed by atoms with Gasteiger partial charge in [-0.3, -0.25) is 4.79 Å². The molecule has 0 bridgehead atoms. The molecule has 1 amide bonds. The summed E-state index contributed by atoms with van der Waals surface area (Å²) in [5.41, 5.74) is 1.17. The first-order valence-electron chi connectivity index (χ1n) is 9.06. The minimum absolute atomic E-state index is 0.219. The Morgan fingerprint density at radius 1 is 1.07 bits per heavy atom. The molecule has 6 nitrogen and oxygen atoms in total. The van der Waals surface area contributed by atoms with Gasteiger partial charge in [-0.05, 0) is 75.6 Å². The van der Waals surface area contributed by atoms with E-state index in [1.807, 2.05) is 18.2 Å². The number of carbonyl (C=O) groups is 1. The topological polar surface area (TPSA) is 67.3 Å². The highest BCUT2D eigenvalue weighted by Crippen LogP contribution is 2.21. The molecule has 7 heteroatoms. The van der Waals surface area contributed by atoms with Crippen molar-refractivity contribution >= 4 is 34.5 Å². The summed E-state index contributed by atoms with van der Waals surface area (Å²) in [6.45, 7) is 1.06. The number of hydrogen-bond donors (Lipinski definition) is 1. The predicted molar refractivity (Wildman–Crippen MR) is 114 cm³/mol. The van der Waals surface area contributed by atoms with Gasteiger partial charge in [-0.15, -0.1) is 11.8 Å². The Hall–Kier alpha value is -2.64. The highest BCUT2D eigenvalue weighted by Gasteiger charge is 2.09. The number of aromatic nitrogens is 2. The summed E-state index contributed by atoms with van der Waals surface area (Å²) in [4.78, 5) is 23.7. The van der Waals surface area contributed by atoms with E-state index in [1.54, 1.807) is 49.2 Å². The number of amides is 1. The number of nitrogens with zero attached hydrogens (tertiary/aromatic N) is 3. The highest BCUT2D eigenvalue weighted by atomic mass is 32.2. The van der Waals surface area contributed by atoms with Crippen LogP contribution in [0.1, 0.15) is 16.8 Å². The summed E-state index contributed by atoms with van der Waals surface area (Å²) in [5, 5.41) is 4.72. The highest BCUT2D eigenvalue weighted by molar-refractivity contribution is 7.99. The molecule has 0 spiro atoms. The van der Waals surface area contributed by atoms with E-state index in [0.29, 0.717) is 22.8 Å². The zero-order valence-electron chi connectivity index (χ0n) is 16.3. The van der Waals surface area contributed by atoms with Crippen LogP contribution in [-0.4, -0.2) is 54.3 Å². The van der Waals surface area contributed by atoms with Gasteiger partial charge < -0.3 is 15.0 Å². The summed E-state index contributed by atoms with van der Waals surface area (Å²) in [5.74, 6) is 1.98. The molecule has 0 unspecified atom stereocenters. The lowest BCUT2D eigenvalue weighted by molar-refractivity contribution is 0.102. The van der Waals surface area contributed by atoms with Crippen LogP contribution < -0.4 is 10.1 Å². The average Bonchev–Trinajstić information content (AvgIpc) is 2.71. The number of fused-ring (bicyclic) bond motifs is 1. The van der Waals surface area contributed by atoms with Crippen molar-refractivity contribution in [2.75, 3.05) is 38.8 Å². The van der Waals surface area contributed by atoms with Crippen molar-refractivity contribution in [1.29, 1.82) is 0 Å². The molecule has 1 N–H and O–H groups in total. The van der Waals surface area contributed by atoms with Gasteiger partial charge in [-0.2, -0.15) is 0 Å². The maximum Gasteiger partial charge on any atom is 0.256 e. The van der Waals surface area contributed by atoms with E-state index in [4.69, 9.17) is 4.74 Å². The van der Waals surface area contributed by atoms with E-state index in [2.05, 4.69) is 34.3 Å². The van der Waals surface area contributed by atoms with E-state index in [9.17, 15) is 4.79 Å². The van der Waals surface area contributed by atoms with Crippen molar-refractivity contribution in [1.82, 2.24) is 14.9 Å². The molecule has 0 aliphatic carbocycles. The number of anilines is 1. The molecule has 0 radical (unpaired) electrons. The van der Waals surface area contributed by atoms with Crippen LogP contribution in [0.4, 0.5) is 5.82 Å². The minimum atomic E-state index is -0.219. The molecule has 2 heterocycles. The third kappa shape index (κ3) is 5.43. The second-order valence-electron chi connectivity index (χ2n) is 6.58. The lowest BCUT2D eigenvalue weighted by atomic mass is 10.2. The molecule has 0 saturated carbocycles. The number of nitrogens with one attached hydrogen (secondary N) is 1. The summed E-state index contributed by atoms with van der Waals surface area (Å²) in [6.07, 6.45) is 1.10. The van der Waals surface area contributed by atoms with Gasteiger partial charge in [0.05, 0.1) is 12.1 Å². The number of carbonyl (C=O) groups excluding carboxylic acids is 1. The molecule has 0 aliphatic rings. The van der Waals surface area contributed by atoms with Crippen LogP contribution in [0, 0.1) is 0 Å². The van der Waals surface area contributed by atoms with Gasteiger partial charge in [0.15, 0.2) is 5.65 Å². The first-order chi connectivity index (χ1) is 13.5. The van der Waals surface area contributed by atoms with Crippen molar-refractivity contribution in [3.8, 4) is 5.75 Å². The van der Waals surface area contributed by atoms with Crippen LogP contribution in [0.5, 0.6) is 5.75 Å². The van der Waals surface area contributed by atoms with Crippen LogP contribution in [0.15, 0.2) is 53.6 Å². The van der Waals surface area contributed by atoms with E-state index < -0.39 is 0 Å². The maximum absolute atomic E-state index is 12.4. The average molecular weight is 397 g/mol. The second kappa shape index (κ2) is 9.52. The van der Waals surface area contributed by atoms with E-state index >= 15 is 0 Å². The SMILES string of the molecule is COc1ccc(C(=O)Nc2ccc3ccc(SCCCN(C)C)nc3n2)cc1. The third-order valence-corrected chi connectivity index (χ3v) is 5.14. The first kappa shape index (κ1) is 20.1. The molecule has 1 aromatic carbocycles. The second-order valence-corrected chi connectivity index (χ2v) is 7.70. The van der Waals surface area contributed by atoms with Gasteiger partial charge in [0.2, 0.25) is 0 Å². The minimum Gasteiger partial charge on any atom is -0.497 e. The Balaban J connectivity index is 1.68. The van der Waals surface area contributed by atoms with Crippen molar-refractivity contribution in [2.45, 2.75) is 11.4 Å². The van der Waals surface area contributed by atoms with Gasteiger partial charge >= 0.3 is 0 Å². The lowest BCUT2D eigenvalue weighted by Crippen LogP contribution is -2.13.